The van der Waals surface area contributed by atoms with Crippen molar-refractivity contribution in [3.05, 3.63) is 35.9 Å². The third-order valence-electron chi connectivity index (χ3n) is 3.77. The van der Waals surface area contributed by atoms with Crippen LogP contribution in [0.3, 0.4) is 0 Å². The van der Waals surface area contributed by atoms with Crippen LogP contribution in [-0.2, 0) is 10.0 Å². The van der Waals surface area contributed by atoms with Gasteiger partial charge in [-0.2, -0.15) is 0 Å². The van der Waals surface area contributed by atoms with Gasteiger partial charge in [0.05, 0.1) is 0 Å². The standard InChI is InChI=1S/C15H24O2Si/c1-12(2)14(16)11-15(14,17-18(3,4)5)13-9-7-6-8-10-13/h6-10,12,16H,11H2,1-5H3/t14-,15+/m1/s1. The Bertz CT molecular complexity index is 424. The van der Waals surface area contributed by atoms with Gasteiger partial charge in [0, 0.05) is 6.42 Å². The second-order valence-electron chi connectivity index (χ2n) is 6.66. The lowest BCUT2D eigenvalue weighted by molar-refractivity contribution is -0.000873. The molecular formula is C15H24O2Si. The van der Waals surface area contributed by atoms with E-state index < -0.39 is 19.5 Å². The fourth-order valence-corrected chi connectivity index (χ4v) is 4.18. The number of hydrogen-bond donors (Lipinski definition) is 1. The van der Waals surface area contributed by atoms with Crippen LogP contribution in [0.1, 0.15) is 25.8 Å². The first-order valence-corrected chi connectivity index (χ1v) is 10.1. The Morgan fingerprint density at radius 3 is 2.11 bits per heavy atom. The quantitative estimate of drug-likeness (QED) is 0.843. The molecular weight excluding hydrogens is 240 g/mol. The molecule has 18 heavy (non-hydrogen) atoms. The molecule has 100 valence electrons. The van der Waals surface area contributed by atoms with E-state index in [2.05, 4.69) is 45.6 Å². The van der Waals surface area contributed by atoms with Crippen molar-refractivity contribution in [1.82, 2.24) is 0 Å². The summed E-state index contributed by atoms with van der Waals surface area (Å²) in [4.78, 5) is 0. The molecule has 3 heteroatoms. The predicted molar refractivity (Wildman–Crippen MR) is 77.0 cm³/mol. The fourth-order valence-electron chi connectivity index (χ4n) is 2.77. The number of hydrogen-bond acceptors (Lipinski definition) is 2. The lowest BCUT2D eigenvalue weighted by atomic mass is 9.96. The second kappa shape index (κ2) is 4.19. The molecule has 1 aliphatic rings. The van der Waals surface area contributed by atoms with Gasteiger partial charge < -0.3 is 9.53 Å². The molecule has 0 aromatic heterocycles. The lowest BCUT2D eigenvalue weighted by Gasteiger charge is -2.31. The zero-order chi connectivity index (χ0) is 13.6. The Balaban J connectivity index is 2.39. The average Bonchev–Trinajstić information content (AvgIpc) is 2.85. The number of benzene rings is 1. The van der Waals surface area contributed by atoms with Crippen LogP contribution >= 0.6 is 0 Å². The smallest absolute Gasteiger partial charge is 0.185 e. The van der Waals surface area contributed by atoms with E-state index in [1.807, 2.05) is 18.2 Å². The van der Waals surface area contributed by atoms with E-state index in [0.29, 0.717) is 6.42 Å². The van der Waals surface area contributed by atoms with Crippen LogP contribution in [0.5, 0.6) is 0 Å². The van der Waals surface area contributed by atoms with Gasteiger partial charge in [0.25, 0.3) is 0 Å². The summed E-state index contributed by atoms with van der Waals surface area (Å²) in [6.07, 6.45) is 0.714. The summed E-state index contributed by atoms with van der Waals surface area (Å²) in [5.41, 5.74) is -0.0785. The molecule has 1 aromatic rings. The molecule has 1 fully saturated rings. The molecule has 2 atom stereocenters. The normalized spacial score (nSPS) is 31.7. The Morgan fingerprint density at radius 1 is 1.17 bits per heavy atom. The van der Waals surface area contributed by atoms with Crippen molar-refractivity contribution in [1.29, 1.82) is 0 Å². The molecule has 0 saturated heterocycles. The molecule has 2 nitrogen and oxygen atoms in total. The minimum absolute atomic E-state index is 0.203. The van der Waals surface area contributed by atoms with Gasteiger partial charge >= 0.3 is 0 Å². The van der Waals surface area contributed by atoms with E-state index in [9.17, 15) is 5.11 Å². The SMILES string of the molecule is CC(C)[C@]1(O)C[C@]1(O[Si](C)(C)C)c1ccccc1. The minimum Gasteiger partial charge on any atom is -0.405 e. The van der Waals surface area contributed by atoms with Gasteiger partial charge in [-0.1, -0.05) is 44.2 Å². The first-order valence-electron chi connectivity index (χ1n) is 6.69. The van der Waals surface area contributed by atoms with Crippen LogP contribution < -0.4 is 0 Å². The molecule has 0 spiro atoms. The van der Waals surface area contributed by atoms with Crippen molar-refractivity contribution in [3.8, 4) is 0 Å². The summed E-state index contributed by atoms with van der Waals surface area (Å²) in [6.45, 7) is 10.7. The van der Waals surface area contributed by atoms with Crippen molar-refractivity contribution in [3.63, 3.8) is 0 Å². The van der Waals surface area contributed by atoms with Gasteiger partial charge in [-0.05, 0) is 31.1 Å². The van der Waals surface area contributed by atoms with Gasteiger partial charge in [-0.15, -0.1) is 0 Å². The Hall–Kier alpha value is -0.643. The van der Waals surface area contributed by atoms with E-state index in [1.54, 1.807) is 0 Å². The molecule has 1 N–H and O–H groups in total. The minimum atomic E-state index is -1.71. The molecule has 0 bridgehead atoms. The summed E-state index contributed by atoms with van der Waals surface area (Å²) >= 11 is 0. The monoisotopic (exact) mass is 264 g/mol. The van der Waals surface area contributed by atoms with Gasteiger partial charge in [0.1, 0.15) is 11.2 Å². The van der Waals surface area contributed by atoms with E-state index in [-0.39, 0.29) is 5.92 Å². The number of aliphatic hydroxyl groups is 1. The maximum atomic E-state index is 10.8. The van der Waals surface area contributed by atoms with Crippen molar-refractivity contribution in [2.45, 2.75) is 51.1 Å². The average molecular weight is 264 g/mol. The third kappa shape index (κ3) is 2.15. The highest BCUT2D eigenvalue weighted by molar-refractivity contribution is 6.69. The van der Waals surface area contributed by atoms with E-state index >= 15 is 0 Å². The summed E-state index contributed by atoms with van der Waals surface area (Å²) in [6, 6.07) is 10.2. The molecule has 0 heterocycles. The Labute approximate surface area is 111 Å². The first kappa shape index (κ1) is 13.8. The molecule has 1 aromatic carbocycles. The largest absolute Gasteiger partial charge is 0.405 e. The molecule has 0 aliphatic heterocycles. The summed E-state index contributed by atoms with van der Waals surface area (Å²) in [5, 5.41) is 10.8. The zero-order valence-corrected chi connectivity index (χ0v) is 13.0. The molecule has 1 saturated carbocycles. The lowest BCUT2D eigenvalue weighted by Crippen LogP contribution is -2.39. The van der Waals surface area contributed by atoms with Crippen molar-refractivity contribution in [2.24, 2.45) is 5.92 Å². The second-order valence-corrected chi connectivity index (χ2v) is 11.1. The van der Waals surface area contributed by atoms with E-state index in [1.165, 1.54) is 0 Å². The Morgan fingerprint density at radius 2 is 1.72 bits per heavy atom. The van der Waals surface area contributed by atoms with Gasteiger partial charge in [0.15, 0.2) is 8.32 Å². The van der Waals surface area contributed by atoms with Crippen LogP contribution in [0.4, 0.5) is 0 Å². The topological polar surface area (TPSA) is 29.5 Å². The van der Waals surface area contributed by atoms with Gasteiger partial charge in [0.2, 0.25) is 0 Å². The summed E-state index contributed by atoms with van der Waals surface area (Å²) < 4.78 is 6.39. The maximum absolute atomic E-state index is 10.8. The highest BCUT2D eigenvalue weighted by Gasteiger charge is 2.71. The van der Waals surface area contributed by atoms with Crippen LogP contribution in [0.2, 0.25) is 19.6 Å². The van der Waals surface area contributed by atoms with E-state index in [0.717, 1.165) is 5.56 Å². The van der Waals surface area contributed by atoms with Crippen LogP contribution in [0.25, 0.3) is 0 Å². The predicted octanol–water partition coefficient (Wildman–Crippen LogP) is 3.52. The summed E-state index contributed by atoms with van der Waals surface area (Å²) in [7, 11) is -1.71. The molecule has 0 amide bonds. The van der Waals surface area contributed by atoms with Crippen LogP contribution in [0.15, 0.2) is 30.3 Å². The fraction of sp³-hybridized carbons (Fsp3) is 0.600. The third-order valence-corrected chi connectivity index (χ3v) is 4.73. The zero-order valence-electron chi connectivity index (χ0n) is 12.0. The van der Waals surface area contributed by atoms with Crippen LogP contribution in [-0.4, -0.2) is 19.0 Å². The van der Waals surface area contributed by atoms with Gasteiger partial charge in [-0.3, -0.25) is 0 Å². The Kier molecular flexibility index (Phi) is 3.20. The van der Waals surface area contributed by atoms with Crippen molar-refractivity contribution in [2.75, 3.05) is 0 Å². The van der Waals surface area contributed by atoms with Crippen LogP contribution in [0, 0.1) is 5.92 Å². The van der Waals surface area contributed by atoms with Crippen molar-refractivity contribution < 1.29 is 9.53 Å². The maximum Gasteiger partial charge on any atom is 0.185 e. The first-order chi connectivity index (χ1) is 8.21. The highest BCUT2D eigenvalue weighted by atomic mass is 28.4. The highest BCUT2D eigenvalue weighted by Crippen LogP contribution is 2.62. The molecule has 2 rings (SSSR count). The molecule has 1 aliphatic carbocycles. The van der Waals surface area contributed by atoms with E-state index in [4.69, 9.17) is 4.43 Å². The molecule has 0 radical (unpaired) electrons. The number of rotatable bonds is 4. The summed E-state index contributed by atoms with van der Waals surface area (Å²) in [5.74, 6) is 0.203. The van der Waals surface area contributed by atoms with Crippen molar-refractivity contribution >= 4 is 8.32 Å². The molecule has 0 unspecified atom stereocenters. The van der Waals surface area contributed by atoms with Gasteiger partial charge in [-0.25, -0.2) is 0 Å².